The second kappa shape index (κ2) is 6.96. The molecule has 0 aliphatic heterocycles. The first kappa shape index (κ1) is 16.4. The number of rotatable bonds is 5. The molecule has 0 radical (unpaired) electrons. The van der Waals surface area contributed by atoms with Gasteiger partial charge in [0.2, 0.25) is 5.95 Å². The highest BCUT2D eigenvalue weighted by molar-refractivity contribution is 5.89. The van der Waals surface area contributed by atoms with Crippen molar-refractivity contribution < 1.29 is 19.0 Å². The third-order valence-electron chi connectivity index (χ3n) is 3.50. The number of benzene rings is 2. The molecule has 3 rings (SSSR count). The van der Waals surface area contributed by atoms with Crippen LogP contribution in [0.1, 0.15) is 10.4 Å². The Labute approximate surface area is 142 Å². The third kappa shape index (κ3) is 3.72. The number of hydrogen-bond acceptors (Lipinski definition) is 5. The lowest BCUT2D eigenvalue weighted by atomic mass is 10.1. The second-order valence-electron chi connectivity index (χ2n) is 5.15. The first-order valence-electron chi connectivity index (χ1n) is 7.33. The van der Waals surface area contributed by atoms with E-state index in [1.54, 1.807) is 30.6 Å². The second-order valence-corrected chi connectivity index (χ2v) is 5.15. The number of anilines is 2. The van der Waals surface area contributed by atoms with E-state index < -0.39 is 5.97 Å². The van der Waals surface area contributed by atoms with Gasteiger partial charge in [-0.2, -0.15) is 0 Å². The zero-order valence-electron chi connectivity index (χ0n) is 13.2. The molecule has 7 heteroatoms. The first-order valence-corrected chi connectivity index (χ1v) is 7.33. The molecule has 0 bridgehead atoms. The maximum absolute atomic E-state index is 13.3. The molecule has 0 saturated carbocycles. The normalized spacial score (nSPS) is 10.3. The minimum atomic E-state index is -1.05. The van der Waals surface area contributed by atoms with Gasteiger partial charge in [0.1, 0.15) is 11.6 Å². The van der Waals surface area contributed by atoms with Gasteiger partial charge in [-0.05, 0) is 35.9 Å². The van der Waals surface area contributed by atoms with E-state index >= 15 is 0 Å². The molecule has 2 aromatic carbocycles. The quantitative estimate of drug-likeness (QED) is 0.737. The van der Waals surface area contributed by atoms with E-state index in [4.69, 9.17) is 9.84 Å². The van der Waals surface area contributed by atoms with Crippen molar-refractivity contribution in [2.24, 2.45) is 0 Å². The van der Waals surface area contributed by atoms with Crippen LogP contribution in [0.4, 0.5) is 16.0 Å². The number of aromatic nitrogens is 2. The highest BCUT2D eigenvalue weighted by atomic mass is 19.1. The average Bonchev–Trinajstić information content (AvgIpc) is 2.62. The van der Waals surface area contributed by atoms with Crippen molar-refractivity contribution in [1.29, 1.82) is 0 Å². The van der Waals surface area contributed by atoms with E-state index in [0.29, 0.717) is 22.6 Å². The molecule has 3 aromatic rings. The molecular weight excluding hydrogens is 325 g/mol. The van der Waals surface area contributed by atoms with Crippen LogP contribution in [0.2, 0.25) is 0 Å². The Morgan fingerprint density at radius 2 is 1.88 bits per heavy atom. The summed E-state index contributed by atoms with van der Waals surface area (Å²) in [6.45, 7) is 0. The Bertz CT molecular complexity index is 914. The summed E-state index contributed by atoms with van der Waals surface area (Å²) >= 11 is 0. The Hall–Kier alpha value is -3.48. The van der Waals surface area contributed by atoms with Gasteiger partial charge in [0.15, 0.2) is 0 Å². The largest absolute Gasteiger partial charge is 0.495 e. The molecule has 25 heavy (non-hydrogen) atoms. The molecule has 0 aliphatic rings. The molecular formula is C18H14FN3O3. The summed E-state index contributed by atoms with van der Waals surface area (Å²) in [6.07, 6.45) is 3.11. The fraction of sp³-hybridized carbons (Fsp3) is 0.0556. The van der Waals surface area contributed by atoms with E-state index in [2.05, 4.69) is 15.3 Å². The monoisotopic (exact) mass is 339 g/mol. The van der Waals surface area contributed by atoms with Gasteiger partial charge in [0.05, 0.1) is 18.4 Å². The standard InChI is InChI=1S/C18H14FN3O3/c1-25-16-6-5-12(17(23)24)8-15(16)22-18-20-9-13(10-21-18)11-3-2-4-14(19)7-11/h2-10H,1H3,(H,23,24)(H,20,21,22). The molecule has 0 amide bonds. The van der Waals surface area contributed by atoms with Gasteiger partial charge < -0.3 is 15.2 Å². The fourth-order valence-electron chi connectivity index (χ4n) is 2.27. The van der Waals surface area contributed by atoms with E-state index in [9.17, 15) is 9.18 Å². The zero-order chi connectivity index (χ0) is 17.8. The predicted molar refractivity (Wildman–Crippen MR) is 90.7 cm³/mol. The van der Waals surface area contributed by atoms with Crippen LogP contribution >= 0.6 is 0 Å². The molecule has 1 heterocycles. The van der Waals surface area contributed by atoms with E-state index in [1.165, 1.54) is 31.4 Å². The Morgan fingerprint density at radius 3 is 2.52 bits per heavy atom. The van der Waals surface area contributed by atoms with Crippen molar-refractivity contribution in [3.63, 3.8) is 0 Å². The molecule has 0 unspecified atom stereocenters. The van der Waals surface area contributed by atoms with Crippen LogP contribution in [0.25, 0.3) is 11.1 Å². The van der Waals surface area contributed by atoms with Crippen LogP contribution in [0, 0.1) is 5.82 Å². The van der Waals surface area contributed by atoms with Gasteiger partial charge >= 0.3 is 5.97 Å². The molecule has 0 aliphatic carbocycles. The Kier molecular flexibility index (Phi) is 4.56. The van der Waals surface area contributed by atoms with Gasteiger partial charge in [0.25, 0.3) is 0 Å². The van der Waals surface area contributed by atoms with E-state index in [1.807, 2.05) is 0 Å². The topological polar surface area (TPSA) is 84.3 Å². The SMILES string of the molecule is COc1ccc(C(=O)O)cc1Nc1ncc(-c2cccc(F)c2)cn1. The molecule has 1 aromatic heterocycles. The maximum atomic E-state index is 13.3. The van der Waals surface area contributed by atoms with Gasteiger partial charge in [-0.15, -0.1) is 0 Å². The number of carbonyl (C=O) groups is 1. The van der Waals surface area contributed by atoms with Crippen LogP contribution in [-0.4, -0.2) is 28.2 Å². The average molecular weight is 339 g/mol. The first-order chi connectivity index (χ1) is 12.1. The number of ether oxygens (including phenoxy) is 1. The number of hydrogen-bond donors (Lipinski definition) is 2. The maximum Gasteiger partial charge on any atom is 0.335 e. The van der Waals surface area contributed by atoms with Crippen LogP contribution < -0.4 is 10.1 Å². The number of carboxylic acid groups (broad SMARTS) is 1. The Morgan fingerprint density at radius 1 is 1.12 bits per heavy atom. The lowest BCUT2D eigenvalue weighted by Crippen LogP contribution is -2.02. The van der Waals surface area contributed by atoms with Crippen molar-refractivity contribution in [3.05, 3.63) is 66.2 Å². The van der Waals surface area contributed by atoms with E-state index in [0.717, 1.165) is 0 Å². The van der Waals surface area contributed by atoms with Crippen molar-refractivity contribution in [2.75, 3.05) is 12.4 Å². The smallest absolute Gasteiger partial charge is 0.335 e. The summed E-state index contributed by atoms with van der Waals surface area (Å²) < 4.78 is 18.5. The summed E-state index contributed by atoms with van der Waals surface area (Å²) in [4.78, 5) is 19.5. The lowest BCUT2D eigenvalue weighted by molar-refractivity contribution is 0.0697. The zero-order valence-corrected chi connectivity index (χ0v) is 13.2. The van der Waals surface area contributed by atoms with Crippen LogP contribution in [0.5, 0.6) is 5.75 Å². The predicted octanol–water partition coefficient (Wildman–Crippen LogP) is 3.73. The highest BCUT2D eigenvalue weighted by Crippen LogP contribution is 2.28. The van der Waals surface area contributed by atoms with Crippen molar-refractivity contribution >= 4 is 17.6 Å². The number of carboxylic acids is 1. The van der Waals surface area contributed by atoms with Gasteiger partial charge in [-0.1, -0.05) is 12.1 Å². The van der Waals surface area contributed by atoms with Crippen LogP contribution in [0.3, 0.4) is 0 Å². The van der Waals surface area contributed by atoms with Gasteiger partial charge in [-0.25, -0.2) is 19.2 Å². The number of halogens is 1. The molecule has 0 saturated heterocycles. The summed E-state index contributed by atoms with van der Waals surface area (Å²) in [5.74, 6) is -0.660. The van der Waals surface area contributed by atoms with E-state index in [-0.39, 0.29) is 17.3 Å². The number of nitrogens with one attached hydrogen (secondary N) is 1. The lowest BCUT2D eigenvalue weighted by Gasteiger charge is -2.11. The highest BCUT2D eigenvalue weighted by Gasteiger charge is 2.10. The molecule has 126 valence electrons. The van der Waals surface area contributed by atoms with Gasteiger partial charge in [-0.3, -0.25) is 0 Å². The van der Waals surface area contributed by atoms with Crippen LogP contribution in [-0.2, 0) is 0 Å². The number of methoxy groups -OCH3 is 1. The molecule has 0 fully saturated rings. The van der Waals surface area contributed by atoms with Crippen molar-refractivity contribution in [2.45, 2.75) is 0 Å². The van der Waals surface area contributed by atoms with Crippen molar-refractivity contribution in [3.8, 4) is 16.9 Å². The summed E-state index contributed by atoms with van der Waals surface area (Å²) in [7, 11) is 1.48. The van der Waals surface area contributed by atoms with Crippen LogP contribution in [0.15, 0.2) is 54.9 Å². The minimum absolute atomic E-state index is 0.111. The molecule has 0 spiro atoms. The minimum Gasteiger partial charge on any atom is -0.495 e. The summed E-state index contributed by atoms with van der Waals surface area (Å²) in [5, 5.41) is 12.0. The summed E-state index contributed by atoms with van der Waals surface area (Å²) in [6, 6.07) is 10.6. The molecule has 0 atom stereocenters. The Balaban J connectivity index is 1.86. The van der Waals surface area contributed by atoms with Crippen molar-refractivity contribution in [1.82, 2.24) is 9.97 Å². The third-order valence-corrected chi connectivity index (χ3v) is 3.50. The fourth-order valence-corrected chi connectivity index (χ4v) is 2.27. The number of aromatic carboxylic acids is 1. The molecule has 2 N–H and O–H groups in total. The molecule has 6 nitrogen and oxygen atoms in total. The van der Waals surface area contributed by atoms with Gasteiger partial charge in [0, 0.05) is 18.0 Å². The summed E-state index contributed by atoms with van der Waals surface area (Å²) in [5.41, 5.74) is 1.87. The number of nitrogens with zero attached hydrogens (tertiary/aromatic N) is 2.